The molecule has 0 bridgehead atoms. The van der Waals surface area contributed by atoms with Crippen LogP contribution in [-0.4, -0.2) is 32.7 Å². The zero-order valence-corrected chi connectivity index (χ0v) is 15.4. The van der Waals surface area contributed by atoms with E-state index in [2.05, 4.69) is 18.7 Å². The summed E-state index contributed by atoms with van der Waals surface area (Å²) >= 11 is 6.18. The van der Waals surface area contributed by atoms with E-state index in [1.807, 2.05) is 27.3 Å². The quantitative estimate of drug-likeness (QED) is 0.835. The van der Waals surface area contributed by atoms with Gasteiger partial charge in [0.15, 0.2) is 0 Å². The topological polar surface area (TPSA) is 30.2 Å². The van der Waals surface area contributed by atoms with Gasteiger partial charge in [0.1, 0.15) is 0 Å². The first kappa shape index (κ1) is 16.2. The second-order valence-corrected chi connectivity index (χ2v) is 8.14. The van der Waals surface area contributed by atoms with Gasteiger partial charge in [0.2, 0.25) is 0 Å². The SMILES string of the molecule is CC(C)n1c(=O)n(CCC23CCCN2CCC3)c2ccc(Cl)cc21. The Hall–Kier alpha value is -1.26. The molecule has 2 fully saturated rings. The van der Waals surface area contributed by atoms with E-state index in [1.54, 1.807) is 0 Å². The summed E-state index contributed by atoms with van der Waals surface area (Å²) in [6.45, 7) is 7.38. The molecule has 3 heterocycles. The molecule has 1 aromatic carbocycles. The molecule has 24 heavy (non-hydrogen) atoms. The van der Waals surface area contributed by atoms with Crippen LogP contribution in [0.2, 0.25) is 5.02 Å². The third kappa shape index (κ3) is 2.42. The second-order valence-electron chi connectivity index (χ2n) is 7.70. The Morgan fingerprint density at radius 3 is 2.54 bits per heavy atom. The van der Waals surface area contributed by atoms with E-state index in [-0.39, 0.29) is 11.7 Å². The van der Waals surface area contributed by atoms with Crippen molar-refractivity contribution in [3.8, 4) is 0 Å². The van der Waals surface area contributed by atoms with E-state index in [4.69, 9.17) is 11.6 Å². The fraction of sp³-hybridized carbons (Fsp3) is 0.632. The molecule has 0 aliphatic carbocycles. The third-order valence-electron chi connectivity index (χ3n) is 6.05. The van der Waals surface area contributed by atoms with Crippen molar-refractivity contribution in [1.82, 2.24) is 14.0 Å². The molecule has 5 heteroatoms. The number of fused-ring (bicyclic) bond motifs is 2. The van der Waals surface area contributed by atoms with Gasteiger partial charge in [-0.15, -0.1) is 0 Å². The Labute approximate surface area is 148 Å². The average molecular weight is 348 g/mol. The molecule has 0 amide bonds. The van der Waals surface area contributed by atoms with Crippen molar-refractivity contribution in [1.29, 1.82) is 0 Å². The zero-order chi connectivity index (χ0) is 16.9. The molecule has 0 spiro atoms. The van der Waals surface area contributed by atoms with E-state index >= 15 is 0 Å². The molecule has 0 unspecified atom stereocenters. The van der Waals surface area contributed by atoms with Crippen molar-refractivity contribution < 1.29 is 0 Å². The van der Waals surface area contributed by atoms with Crippen LogP contribution in [-0.2, 0) is 6.54 Å². The summed E-state index contributed by atoms with van der Waals surface area (Å²) in [7, 11) is 0. The molecule has 4 rings (SSSR count). The van der Waals surface area contributed by atoms with Gasteiger partial charge in [0.05, 0.1) is 11.0 Å². The number of rotatable bonds is 4. The summed E-state index contributed by atoms with van der Waals surface area (Å²) in [4.78, 5) is 15.7. The molecule has 130 valence electrons. The molecule has 2 aliphatic heterocycles. The maximum atomic E-state index is 13.0. The normalized spacial score (nSPS) is 20.3. The number of nitrogens with zero attached hydrogens (tertiary/aromatic N) is 3. The smallest absolute Gasteiger partial charge is 0.298 e. The standard InChI is InChI=1S/C19H26ClN3O/c1-14(2)23-17-13-15(20)5-6-16(17)22(18(23)24)12-9-19-7-3-10-21(19)11-4-8-19/h5-6,13-14H,3-4,7-12H2,1-2H3. The van der Waals surface area contributed by atoms with Crippen LogP contribution in [0.4, 0.5) is 0 Å². The highest BCUT2D eigenvalue weighted by molar-refractivity contribution is 6.31. The van der Waals surface area contributed by atoms with Crippen molar-refractivity contribution >= 4 is 22.6 Å². The minimum atomic E-state index is 0.0983. The molecular weight excluding hydrogens is 322 g/mol. The molecular formula is C19H26ClN3O. The van der Waals surface area contributed by atoms with E-state index in [0.29, 0.717) is 10.6 Å². The molecule has 1 aromatic heterocycles. The number of hydrogen-bond donors (Lipinski definition) is 0. The number of hydrogen-bond acceptors (Lipinski definition) is 2. The van der Waals surface area contributed by atoms with E-state index in [1.165, 1.54) is 38.8 Å². The predicted octanol–water partition coefficient (Wildman–Crippen LogP) is 4.06. The Balaban J connectivity index is 1.72. The van der Waals surface area contributed by atoms with Crippen LogP contribution in [0.3, 0.4) is 0 Å². The van der Waals surface area contributed by atoms with Crippen LogP contribution in [0.1, 0.15) is 52.0 Å². The fourth-order valence-electron chi connectivity index (χ4n) is 4.92. The van der Waals surface area contributed by atoms with Gasteiger partial charge in [0.25, 0.3) is 0 Å². The Bertz CT molecular complexity index is 810. The van der Waals surface area contributed by atoms with Crippen LogP contribution in [0.15, 0.2) is 23.0 Å². The van der Waals surface area contributed by atoms with Gasteiger partial charge in [-0.3, -0.25) is 14.0 Å². The van der Waals surface area contributed by atoms with Gasteiger partial charge < -0.3 is 0 Å². The van der Waals surface area contributed by atoms with Gasteiger partial charge in [-0.05, 0) is 77.2 Å². The predicted molar refractivity (Wildman–Crippen MR) is 99.0 cm³/mol. The summed E-state index contributed by atoms with van der Waals surface area (Å²) < 4.78 is 3.84. The number of halogens is 1. The summed E-state index contributed by atoms with van der Waals surface area (Å²) in [6, 6.07) is 5.94. The fourth-order valence-corrected chi connectivity index (χ4v) is 5.09. The van der Waals surface area contributed by atoms with Crippen molar-refractivity contribution in [3.05, 3.63) is 33.7 Å². The van der Waals surface area contributed by atoms with Gasteiger partial charge in [-0.1, -0.05) is 11.6 Å². The van der Waals surface area contributed by atoms with Crippen LogP contribution >= 0.6 is 11.6 Å². The highest BCUT2D eigenvalue weighted by Gasteiger charge is 2.43. The lowest BCUT2D eigenvalue weighted by Crippen LogP contribution is -2.39. The lowest BCUT2D eigenvalue weighted by Gasteiger charge is -2.32. The number of benzene rings is 1. The Kier molecular flexibility index (Phi) is 4.00. The minimum absolute atomic E-state index is 0.0983. The largest absolute Gasteiger partial charge is 0.329 e. The maximum absolute atomic E-state index is 13.0. The highest BCUT2D eigenvalue weighted by Crippen LogP contribution is 2.41. The van der Waals surface area contributed by atoms with Crippen molar-refractivity contribution in [2.24, 2.45) is 0 Å². The molecule has 2 saturated heterocycles. The van der Waals surface area contributed by atoms with Gasteiger partial charge in [0, 0.05) is 23.1 Å². The van der Waals surface area contributed by atoms with E-state index < -0.39 is 0 Å². The molecule has 0 radical (unpaired) electrons. The molecule has 0 atom stereocenters. The monoisotopic (exact) mass is 347 g/mol. The first-order chi connectivity index (χ1) is 11.5. The van der Waals surface area contributed by atoms with Crippen LogP contribution in [0, 0.1) is 0 Å². The summed E-state index contributed by atoms with van der Waals surface area (Å²) in [6.07, 6.45) is 6.26. The molecule has 2 aromatic rings. The van der Waals surface area contributed by atoms with Gasteiger partial charge >= 0.3 is 5.69 Å². The van der Waals surface area contributed by atoms with E-state index in [9.17, 15) is 4.79 Å². The van der Waals surface area contributed by atoms with Crippen molar-refractivity contribution in [3.63, 3.8) is 0 Å². The third-order valence-corrected chi connectivity index (χ3v) is 6.29. The number of aryl methyl sites for hydroxylation is 1. The number of aromatic nitrogens is 2. The Morgan fingerprint density at radius 2 is 1.88 bits per heavy atom. The maximum Gasteiger partial charge on any atom is 0.329 e. The zero-order valence-electron chi connectivity index (χ0n) is 14.6. The molecule has 0 saturated carbocycles. The molecule has 2 aliphatic rings. The van der Waals surface area contributed by atoms with Crippen molar-refractivity contribution in [2.45, 2.75) is 64.1 Å². The first-order valence-corrected chi connectivity index (χ1v) is 9.55. The minimum Gasteiger partial charge on any atom is -0.298 e. The lowest BCUT2D eigenvalue weighted by atomic mass is 9.90. The van der Waals surface area contributed by atoms with Gasteiger partial charge in [-0.2, -0.15) is 0 Å². The highest BCUT2D eigenvalue weighted by atomic mass is 35.5. The summed E-state index contributed by atoms with van der Waals surface area (Å²) in [5, 5.41) is 0.686. The number of imidazole rings is 1. The van der Waals surface area contributed by atoms with Crippen LogP contribution < -0.4 is 5.69 Å². The molecule has 0 N–H and O–H groups in total. The summed E-state index contributed by atoms with van der Waals surface area (Å²) in [5.74, 6) is 0. The molecule has 4 nitrogen and oxygen atoms in total. The second kappa shape index (κ2) is 5.92. The first-order valence-electron chi connectivity index (χ1n) is 9.17. The lowest BCUT2D eigenvalue weighted by molar-refractivity contribution is 0.174. The van der Waals surface area contributed by atoms with Crippen LogP contribution in [0.25, 0.3) is 11.0 Å². The Morgan fingerprint density at radius 1 is 1.17 bits per heavy atom. The summed E-state index contributed by atoms with van der Waals surface area (Å²) in [5.41, 5.74) is 2.41. The van der Waals surface area contributed by atoms with E-state index in [0.717, 1.165) is 24.0 Å². The van der Waals surface area contributed by atoms with Crippen LogP contribution in [0.5, 0.6) is 0 Å². The average Bonchev–Trinajstić information content (AvgIpc) is 3.15. The van der Waals surface area contributed by atoms with Crippen molar-refractivity contribution in [2.75, 3.05) is 13.1 Å². The van der Waals surface area contributed by atoms with Gasteiger partial charge in [-0.25, -0.2) is 4.79 Å².